The second-order valence-electron chi connectivity index (χ2n) is 7.10. The van der Waals surface area contributed by atoms with Crippen LogP contribution >= 0.6 is 0 Å². The van der Waals surface area contributed by atoms with Gasteiger partial charge in [0.25, 0.3) is 0 Å². The molecule has 3 rings (SSSR count). The number of carbonyl (C=O) groups is 2. The minimum absolute atomic E-state index is 0.0260. The highest BCUT2D eigenvalue weighted by Crippen LogP contribution is 2.32. The highest BCUT2D eigenvalue weighted by Gasteiger charge is 2.38. The summed E-state index contributed by atoms with van der Waals surface area (Å²) in [7, 11) is -7.70. The van der Waals surface area contributed by atoms with Gasteiger partial charge >= 0.3 is 5.97 Å². The monoisotopic (exact) mass is 444 g/mol. The summed E-state index contributed by atoms with van der Waals surface area (Å²) in [6.07, 6.45) is 0.589. The predicted octanol–water partition coefficient (Wildman–Crippen LogP) is 1.03. The van der Waals surface area contributed by atoms with Crippen LogP contribution < -0.4 is 4.31 Å². The number of nitrogens with zero attached hydrogens (tertiary/aromatic N) is 2. The summed E-state index contributed by atoms with van der Waals surface area (Å²) in [4.78, 5) is 23.9. The van der Waals surface area contributed by atoms with Gasteiger partial charge in [-0.25, -0.2) is 21.1 Å². The van der Waals surface area contributed by atoms with Crippen LogP contribution in [0.15, 0.2) is 23.1 Å². The molecule has 1 aromatic rings. The van der Waals surface area contributed by atoms with Crippen molar-refractivity contribution >= 4 is 37.6 Å². The van der Waals surface area contributed by atoms with Crippen molar-refractivity contribution in [1.82, 2.24) is 4.31 Å². The van der Waals surface area contributed by atoms with Crippen molar-refractivity contribution in [2.45, 2.75) is 38.0 Å². The van der Waals surface area contributed by atoms with Gasteiger partial charge in [-0.3, -0.25) is 9.59 Å². The van der Waals surface area contributed by atoms with Gasteiger partial charge in [0.15, 0.2) is 0 Å². The van der Waals surface area contributed by atoms with E-state index in [0.29, 0.717) is 22.7 Å². The summed E-state index contributed by atoms with van der Waals surface area (Å²) in [6.45, 7) is 3.94. The zero-order valence-electron chi connectivity index (χ0n) is 16.3. The lowest BCUT2D eigenvalue weighted by molar-refractivity contribution is -0.149. The average molecular weight is 445 g/mol. The topological polar surface area (TPSA) is 118 Å². The summed E-state index contributed by atoms with van der Waals surface area (Å²) < 4.78 is 57.7. The predicted molar refractivity (Wildman–Crippen MR) is 105 cm³/mol. The summed E-state index contributed by atoms with van der Waals surface area (Å²) >= 11 is 0. The summed E-state index contributed by atoms with van der Waals surface area (Å²) in [5.41, 5.74) is 0.475. The maximum atomic E-state index is 13.2. The third-order valence-corrected chi connectivity index (χ3v) is 8.91. The Morgan fingerprint density at radius 3 is 2.45 bits per heavy atom. The first-order valence-electron chi connectivity index (χ1n) is 9.41. The number of hydrogen-bond acceptors (Lipinski definition) is 7. The molecule has 0 saturated carbocycles. The van der Waals surface area contributed by atoms with Crippen LogP contribution in [0.5, 0.6) is 0 Å². The van der Waals surface area contributed by atoms with Crippen LogP contribution in [0.1, 0.15) is 31.7 Å². The zero-order chi connectivity index (χ0) is 21.4. The van der Waals surface area contributed by atoms with Crippen molar-refractivity contribution in [2.24, 2.45) is 5.92 Å². The Labute approximate surface area is 170 Å². The van der Waals surface area contributed by atoms with E-state index in [2.05, 4.69) is 0 Å². The molecule has 2 saturated heterocycles. The van der Waals surface area contributed by atoms with Crippen LogP contribution in [0.4, 0.5) is 5.69 Å². The number of aryl methyl sites for hydroxylation is 1. The standard InChI is InChI=1S/C18H24N2O7S2/c1-3-27-18(22)14-6-9-19(10-7-14)29(25,26)16-12-15(5-4-13(16)2)20-17(21)8-11-28(20,23)24/h4-5,12,14H,3,6-11H2,1-2H3. The molecule has 0 aliphatic carbocycles. The van der Waals surface area contributed by atoms with Crippen molar-refractivity contribution in [3.8, 4) is 0 Å². The Morgan fingerprint density at radius 2 is 1.90 bits per heavy atom. The number of carbonyl (C=O) groups excluding carboxylic acids is 2. The highest BCUT2D eigenvalue weighted by atomic mass is 32.2. The van der Waals surface area contributed by atoms with E-state index in [0.717, 1.165) is 0 Å². The lowest BCUT2D eigenvalue weighted by atomic mass is 9.98. The van der Waals surface area contributed by atoms with Crippen LogP contribution in [0.3, 0.4) is 0 Å². The zero-order valence-corrected chi connectivity index (χ0v) is 18.0. The van der Waals surface area contributed by atoms with Gasteiger partial charge in [-0.1, -0.05) is 6.07 Å². The molecule has 160 valence electrons. The van der Waals surface area contributed by atoms with Gasteiger partial charge in [-0.05, 0) is 44.4 Å². The van der Waals surface area contributed by atoms with E-state index < -0.39 is 26.0 Å². The quantitative estimate of drug-likeness (QED) is 0.622. The van der Waals surface area contributed by atoms with Crippen LogP contribution in [0.25, 0.3) is 0 Å². The maximum Gasteiger partial charge on any atom is 0.309 e. The van der Waals surface area contributed by atoms with E-state index in [-0.39, 0.29) is 54.3 Å². The molecule has 0 spiro atoms. The van der Waals surface area contributed by atoms with Crippen LogP contribution in [-0.2, 0) is 34.4 Å². The van der Waals surface area contributed by atoms with Crippen molar-refractivity contribution in [3.63, 3.8) is 0 Å². The molecule has 1 amide bonds. The number of sulfonamides is 2. The Kier molecular flexibility index (Phi) is 6.02. The van der Waals surface area contributed by atoms with E-state index in [4.69, 9.17) is 4.74 Å². The molecule has 9 nitrogen and oxygen atoms in total. The SMILES string of the molecule is CCOC(=O)C1CCN(S(=O)(=O)c2cc(N3C(=O)CCS3(=O)=O)ccc2C)CC1. The van der Waals surface area contributed by atoms with Crippen molar-refractivity contribution in [2.75, 3.05) is 29.8 Å². The average Bonchev–Trinajstić information content (AvgIpc) is 2.95. The molecule has 0 unspecified atom stereocenters. The number of piperidine rings is 1. The summed E-state index contributed by atoms with van der Waals surface area (Å²) in [5.74, 6) is -1.52. The van der Waals surface area contributed by atoms with Gasteiger partial charge < -0.3 is 4.74 Å². The molecule has 2 aliphatic heterocycles. The molecule has 0 N–H and O–H groups in total. The third-order valence-electron chi connectivity index (χ3n) is 5.18. The first-order valence-corrected chi connectivity index (χ1v) is 12.5. The van der Waals surface area contributed by atoms with Gasteiger partial charge in [0.2, 0.25) is 26.0 Å². The number of hydrogen-bond donors (Lipinski definition) is 0. The normalized spacial score (nSPS) is 20.8. The Balaban J connectivity index is 1.86. The third kappa shape index (κ3) is 4.17. The first-order chi connectivity index (χ1) is 13.6. The lowest BCUT2D eigenvalue weighted by Crippen LogP contribution is -2.41. The number of amides is 1. The van der Waals surface area contributed by atoms with E-state index in [1.807, 2.05) is 0 Å². The Morgan fingerprint density at radius 1 is 1.24 bits per heavy atom. The largest absolute Gasteiger partial charge is 0.466 e. The molecular weight excluding hydrogens is 420 g/mol. The van der Waals surface area contributed by atoms with E-state index >= 15 is 0 Å². The second kappa shape index (κ2) is 8.04. The number of ether oxygens (including phenoxy) is 1. The number of rotatable bonds is 5. The van der Waals surface area contributed by atoms with Crippen molar-refractivity contribution < 1.29 is 31.2 Å². The number of esters is 1. The summed E-state index contributed by atoms with van der Waals surface area (Å²) in [5, 5.41) is 0. The summed E-state index contributed by atoms with van der Waals surface area (Å²) in [6, 6.07) is 4.17. The highest BCUT2D eigenvalue weighted by molar-refractivity contribution is 7.94. The van der Waals surface area contributed by atoms with Crippen LogP contribution in [-0.4, -0.2) is 58.5 Å². The molecule has 0 atom stereocenters. The first kappa shape index (κ1) is 21.7. The number of benzene rings is 1. The maximum absolute atomic E-state index is 13.2. The molecular formula is C18H24N2O7S2. The minimum Gasteiger partial charge on any atom is -0.466 e. The smallest absolute Gasteiger partial charge is 0.309 e. The fourth-order valence-electron chi connectivity index (χ4n) is 3.59. The molecule has 1 aromatic carbocycles. The molecule has 2 aliphatic rings. The molecule has 11 heteroatoms. The van der Waals surface area contributed by atoms with Crippen molar-refractivity contribution in [1.29, 1.82) is 0 Å². The van der Waals surface area contributed by atoms with Gasteiger partial charge in [-0.2, -0.15) is 4.31 Å². The molecule has 0 aromatic heterocycles. The fraction of sp³-hybridized carbons (Fsp3) is 0.556. The van der Waals surface area contributed by atoms with Crippen LogP contribution in [0, 0.1) is 12.8 Å². The minimum atomic E-state index is -3.91. The van der Waals surface area contributed by atoms with E-state index in [1.165, 1.54) is 22.5 Å². The van der Waals surface area contributed by atoms with E-state index in [9.17, 15) is 26.4 Å². The molecule has 29 heavy (non-hydrogen) atoms. The molecule has 0 bridgehead atoms. The Bertz CT molecular complexity index is 1030. The van der Waals surface area contributed by atoms with Gasteiger partial charge in [-0.15, -0.1) is 0 Å². The van der Waals surface area contributed by atoms with Gasteiger partial charge in [0, 0.05) is 19.5 Å². The lowest BCUT2D eigenvalue weighted by Gasteiger charge is -2.30. The molecule has 0 radical (unpaired) electrons. The fourth-order valence-corrected chi connectivity index (χ4v) is 6.76. The van der Waals surface area contributed by atoms with E-state index in [1.54, 1.807) is 13.8 Å². The number of anilines is 1. The van der Waals surface area contributed by atoms with Gasteiger partial charge in [0.1, 0.15) is 0 Å². The Hall–Kier alpha value is -1.98. The van der Waals surface area contributed by atoms with Crippen LogP contribution in [0.2, 0.25) is 0 Å². The van der Waals surface area contributed by atoms with Crippen molar-refractivity contribution in [3.05, 3.63) is 23.8 Å². The molecule has 2 fully saturated rings. The van der Waals surface area contributed by atoms with Gasteiger partial charge in [0.05, 0.1) is 28.9 Å². The second-order valence-corrected chi connectivity index (χ2v) is 10.9. The molecule has 2 heterocycles.